The summed E-state index contributed by atoms with van der Waals surface area (Å²) in [5.41, 5.74) is 0.897. The molecule has 0 saturated heterocycles. The molecule has 0 radical (unpaired) electrons. The van der Waals surface area contributed by atoms with E-state index in [1.54, 1.807) is 18.2 Å². The third kappa shape index (κ3) is 14.3. The van der Waals surface area contributed by atoms with Crippen LogP contribution in [0.1, 0.15) is 76.7 Å². The van der Waals surface area contributed by atoms with E-state index in [1.807, 2.05) is 0 Å². The van der Waals surface area contributed by atoms with E-state index < -0.39 is 0 Å². The monoisotopic (exact) mass is 439 g/mol. The summed E-state index contributed by atoms with van der Waals surface area (Å²) in [5, 5.41) is 12.5. The predicted molar refractivity (Wildman–Crippen MR) is 135 cm³/mol. The molecule has 0 fully saturated rings. The summed E-state index contributed by atoms with van der Waals surface area (Å²) in [6.45, 7) is 2.66. The number of hydrogen-bond donors (Lipinski definition) is 2. The van der Waals surface area contributed by atoms with Crippen molar-refractivity contribution in [3.8, 4) is 11.5 Å². The van der Waals surface area contributed by atoms with Crippen LogP contribution in [0.15, 0.2) is 66.8 Å². The van der Waals surface area contributed by atoms with Crippen molar-refractivity contribution in [2.24, 2.45) is 0 Å². The molecule has 4 nitrogen and oxygen atoms in total. The summed E-state index contributed by atoms with van der Waals surface area (Å²) in [6, 6.07) is 5.08. The van der Waals surface area contributed by atoms with Gasteiger partial charge in [-0.3, -0.25) is 4.79 Å². The van der Waals surface area contributed by atoms with E-state index in [-0.39, 0.29) is 11.7 Å². The van der Waals surface area contributed by atoms with Gasteiger partial charge in [-0.05, 0) is 62.6 Å². The van der Waals surface area contributed by atoms with Gasteiger partial charge in [-0.1, -0.05) is 74.4 Å². The van der Waals surface area contributed by atoms with Crippen molar-refractivity contribution in [3.05, 3.63) is 72.4 Å². The Morgan fingerprint density at radius 2 is 1.50 bits per heavy atom. The second kappa shape index (κ2) is 19.0. The zero-order valence-electron chi connectivity index (χ0n) is 19.9. The molecule has 176 valence electrons. The molecule has 1 aromatic carbocycles. The zero-order chi connectivity index (χ0) is 23.3. The maximum atomic E-state index is 12.0. The van der Waals surface area contributed by atoms with Crippen molar-refractivity contribution in [3.63, 3.8) is 0 Å². The topological polar surface area (TPSA) is 58.6 Å². The predicted octanol–water partition coefficient (Wildman–Crippen LogP) is 7.16. The van der Waals surface area contributed by atoms with Crippen LogP contribution in [0, 0.1) is 0 Å². The molecule has 0 aliphatic heterocycles. The number of amides is 1. The van der Waals surface area contributed by atoms with Crippen LogP contribution in [0.2, 0.25) is 0 Å². The molecule has 1 amide bonds. The molecular weight excluding hydrogens is 398 g/mol. The highest BCUT2D eigenvalue weighted by Gasteiger charge is 2.04. The Bertz CT molecular complexity index is 747. The number of methoxy groups -OCH3 is 1. The maximum absolute atomic E-state index is 12.0. The van der Waals surface area contributed by atoms with Gasteiger partial charge >= 0.3 is 0 Å². The van der Waals surface area contributed by atoms with Crippen molar-refractivity contribution < 1.29 is 14.6 Å². The Morgan fingerprint density at radius 3 is 2.09 bits per heavy atom. The van der Waals surface area contributed by atoms with Crippen molar-refractivity contribution in [1.82, 2.24) is 5.32 Å². The van der Waals surface area contributed by atoms with Crippen LogP contribution < -0.4 is 10.1 Å². The fourth-order valence-electron chi connectivity index (χ4n) is 3.06. The molecule has 0 unspecified atom stereocenters. The number of nitrogens with one attached hydrogen (secondary N) is 1. The van der Waals surface area contributed by atoms with Gasteiger partial charge in [0.25, 0.3) is 0 Å². The highest BCUT2D eigenvalue weighted by molar-refractivity contribution is 5.75. The third-order valence-corrected chi connectivity index (χ3v) is 4.97. The van der Waals surface area contributed by atoms with E-state index in [1.165, 1.54) is 32.8 Å². The van der Waals surface area contributed by atoms with E-state index in [4.69, 9.17) is 4.74 Å². The first-order chi connectivity index (χ1) is 15.7. The number of aromatic hydroxyl groups is 1. The summed E-state index contributed by atoms with van der Waals surface area (Å²) in [7, 11) is 1.51. The first kappa shape index (κ1) is 27.3. The Hall–Kier alpha value is -2.75. The highest BCUT2D eigenvalue weighted by Crippen LogP contribution is 2.26. The van der Waals surface area contributed by atoms with Gasteiger partial charge in [-0.25, -0.2) is 0 Å². The minimum Gasteiger partial charge on any atom is -0.504 e. The smallest absolute Gasteiger partial charge is 0.220 e. The summed E-state index contributed by atoms with van der Waals surface area (Å²) in [6.07, 6.45) is 27.9. The number of ether oxygens (including phenoxy) is 1. The average molecular weight is 440 g/mol. The van der Waals surface area contributed by atoms with E-state index in [0.717, 1.165) is 37.7 Å². The van der Waals surface area contributed by atoms with Gasteiger partial charge in [0, 0.05) is 13.0 Å². The van der Waals surface area contributed by atoms with Crippen molar-refractivity contribution in [2.75, 3.05) is 7.11 Å². The minimum absolute atomic E-state index is 0.0351. The third-order valence-electron chi connectivity index (χ3n) is 4.97. The number of unbranched alkanes of at least 4 members (excludes halogenated alkanes) is 4. The first-order valence-corrected chi connectivity index (χ1v) is 11.9. The highest BCUT2D eigenvalue weighted by atomic mass is 16.5. The molecule has 0 aliphatic carbocycles. The van der Waals surface area contributed by atoms with Crippen LogP contribution in [0.5, 0.6) is 11.5 Å². The van der Waals surface area contributed by atoms with Gasteiger partial charge in [0.05, 0.1) is 7.11 Å². The number of hydrogen-bond acceptors (Lipinski definition) is 3. The van der Waals surface area contributed by atoms with E-state index >= 15 is 0 Å². The quantitative estimate of drug-likeness (QED) is 0.200. The molecule has 0 aromatic heterocycles. The minimum atomic E-state index is 0.0351. The second-order valence-electron chi connectivity index (χ2n) is 7.76. The van der Waals surface area contributed by atoms with Crippen LogP contribution >= 0.6 is 0 Å². The number of phenolic OH excluding ortho intramolecular Hbond substituents is 1. The number of carbonyl (C=O) groups excluding carboxylic acids is 1. The Kier molecular flexibility index (Phi) is 16.2. The lowest BCUT2D eigenvalue weighted by atomic mass is 10.2. The average Bonchev–Trinajstić information content (AvgIpc) is 2.80. The maximum Gasteiger partial charge on any atom is 0.220 e. The lowest BCUT2D eigenvalue weighted by Gasteiger charge is -2.08. The Balaban J connectivity index is 2.03. The summed E-state index contributed by atoms with van der Waals surface area (Å²) in [4.78, 5) is 12.0. The van der Waals surface area contributed by atoms with Gasteiger partial charge in [0.2, 0.25) is 5.91 Å². The van der Waals surface area contributed by atoms with E-state index in [9.17, 15) is 9.90 Å². The number of allylic oxidation sites excluding steroid dienone is 8. The Morgan fingerprint density at radius 1 is 0.906 bits per heavy atom. The van der Waals surface area contributed by atoms with Crippen molar-refractivity contribution >= 4 is 5.91 Å². The fourth-order valence-corrected chi connectivity index (χ4v) is 3.06. The molecule has 1 aromatic rings. The summed E-state index contributed by atoms with van der Waals surface area (Å²) in [5.74, 6) is 0.548. The standard InChI is InChI=1S/C28H41NO3/c1-3-4-5-6-7-8-9-10-11-12-13-14-15-16-17-18-19-20-28(31)29-24-25-21-22-26(30)27(23-25)32-2/h7-8,10-11,13-14,16-17,21-23,30H,3-6,9,12,15,18-20,24H2,1-2H3,(H,29,31)/b8-7+,11-10+,14-13+,17-16-. The summed E-state index contributed by atoms with van der Waals surface area (Å²) >= 11 is 0. The molecule has 0 aliphatic rings. The summed E-state index contributed by atoms with van der Waals surface area (Å²) < 4.78 is 5.08. The number of benzene rings is 1. The molecule has 0 spiro atoms. The first-order valence-electron chi connectivity index (χ1n) is 11.9. The number of rotatable bonds is 17. The van der Waals surface area contributed by atoms with Gasteiger partial charge in [0.15, 0.2) is 11.5 Å². The SMILES string of the molecule is CCCCC/C=C/C/C=C/C/C=C/C/C=C\CCCC(=O)NCc1ccc(O)c(OC)c1. The fraction of sp³-hybridized carbons (Fsp3) is 0.464. The molecule has 0 heterocycles. The molecular formula is C28H41NO3. The lowest BCUT2D eigenvalue weighted by Crippen LogP contribution is -2.22. The van der Waals surface area contributed by atoms with Crippen LogP contribution in [0.4, 0.5) is 0 Å². The Labute approximate surface area is 194 Å². The van der Waals surface area contributed by atoms with Gasteiger partial charge in [-0.2, -0.15) is 0 Å². The molecule has 2 N–H and O–H groups in total. The van der Waals surface area contributed by atoms with Crippen LogP contribution in [-0.2, 0) is 11.3 Å². The number of carbonyl (C=O) groups is 1. The van der Waals surface area contributed by atoms with Crippen molar-refractivity contribution in [1.29, 1.82) is 0 Å². The number of phenols is 1. The van der Waals surface area contributed by atoms with Crippen LogP contribution in [0.25, 0.3) is 0 Å². The van der Waals surface area contributed by atoms with Crippen LogP contribution in [-0.4, -0.2) is 18.1 Å². The zero-order valence-corrected chi connectivity index (χ0v) is 19.9. The largest absolute Gasteiger partial charge is 0.504 e. The van der Waals surface area contributed by atoms with Gasteiger partial charge in [0.1, 0.15) is 0 Å². The van der Waals surface area contributed by atoms with Gasteiger partial charge in [-0.15, -0.1) is 0 Å². The molecule has 32 heavy (non-hydrogen) atoms. The van der Waals surface area contributed by atoms with Crippen molar-refractivity contribution in [2.45, 2.75) is 77.7 Å². The van der Waals surface area contributed by atoms with E-state index in [2.05, 4.69) is 60.8 Å². The normalized spacial score (nSPS) is 11.9. The lowest BCUT2D eigenvalue weighted by molar-refractivity contribution is -0.121. The van der Waals surface area contributed by atoms with E-state index in [0.29, 0.717) is 18.7 Å². The molecule has 0 atom stereocenters. The molecule has 4 heteroatoms. The van der Waals surface area contributed by atoms with Gasteiger partial charge < -0.3 is 15.2 Å². The molecule has 0 saturated carbocycles. The molecule has 1 rings (SSSR count). The van der Waals surface area contributed by atoms with Crippen LogP contribution in [0.3, 0.4) is 0 Å². The second-order valence-corrected chi connectivity index (χ2v) is 7.76. The molecule has 0 bridgehead atoms.